The van der Waals surface area contributed by atoms with Gasteiger partial charge in [0.25, 0.3) is 0 Å². The molecule has 0 bridgehead atoms. The molecule has 0 unspecified atom stereocenters. The van der Waals surface area contributed by atoms with Gasteiger partial charge in [-0.15, -0.1) is 0 Å². The standard InChI is InChI=1S/2C3H6N2/c2*1-2-4-5-3-1/h2*1-2,4-5H,3H2. The zero-order chi connectivity index (χ0) is 7.07. The maximum absolute atomic E-state index is 2.86. The second kappa shape index (κ2) is 4.84. The van der Waals surface area contributed by atoms with Gasteiger partial charge in [-0.2, -0.15) is 0 Å². The molecule has 0 atom stereocenters. The lowest BCUT2D eigenvalue weighted by Gasteiger charge is -1.83. The monoisotopic (exact) mass is 140 g/mol. The van der Waals surface area contributed by atoms with Crippen LogP contribution in [0.4, 0.5) is 0 Å². The summed E-state index contributed by atoms with van der Waals surface area (Å²) in [5.74, 6) is 0. The Kier molecular flexibility index (Phi) is 3.44. The second-order valence-electron chi connectivity index (χ2n) is 1.86. The van der Waals surface area contributed by atoms with Crippen LogP contribution < -0.4 is 21.7 Å². The van der Waals surface area contributed by atoms with E-state index in [1.165, 1.54) is 0 Å². The molecule has 10 heavy (non-hydrogen) atoms. The summed E-state index contributed by atoms with van der Waals surface area (Å²) >= 11 is 0. The van der Waals surface area contributed by atoms with Crippen LogP contribution in [0.2, 0.25) is 0 Å². The summed E-state index contributed by atoms with van der Waals surface area (Å²) in [6, 6.07) is 0. The van der Waals surface area contributed by atoms with Crippen molar-refractivity contribution < 1.29 is 0 Å². The van der Waals surface area contributed by atoms with Gasteiger partial charge < -0.3 is 10.9 Å². The molecule has 4 heteroatoms. The first kappa shape index (κ1) is 7.11. The van der Waals surface area contributed by atoms with E-state index >= 15 is 0 Å². The fraction of sp³-hybridized carbons (Fsp3) is 0.333. The van der Waals surface area contributed by atoms with Gasteiger partial charge in [0, 0.05) is 25.5 Å². The quantitative estimate of drug-likeness (QED) is 0.356. The Balaban J connectivity index is 0.0000001000. The molecule has 0 fully saturated rings. The molecule has 0 spiro atoms. The summed E-state index contributed by atoms with van der Waals surface area (Å²) in [6.45, 7) is 1.92. The third-order valence-electron chi connectivity index (χ3n) is 1.05. The zero-order valence-electron chi connectivity index (χ0n) is 5.72. The average Bonchev–Trinajstić information content (AvgIpc) is 2.67. The van der Waals surface area contributed by atoms with E-state index in [1.807, 2.05) is 24.6 Å². The number of nitrogens with one attached hydrogen (secondary N) is 4. The maximum Gasteiger partial charge on any atom is 0.0345 e. The van der Waals surface area contributed by atoms with Crippen LogP contribution in [0, 0.1) is 0 Å². The Bertz CT molecular complexity index is 102. The lowest BCUT2D eigenvalue weighted by Crippen LogP contribution is -2.19. The first-order chi connectivity index (χ1) is 5.00. The molecule has 0 saturated carbocycles. The number of rotatable bonds is 0. The van der Waals surface area contributed by atoms with Crippen molar-refractivity contribution in [3.05, 3.63) is 24.6 Å². The lowest BCUT2D eigenvalue weighted by molar-refractivity contribution is 0.727. The minimum absolute atomic E-state index is 0.958. The van der Waals surface area contributed by atoms with Gasteiger partial charge in [0.05, 0.1) is 0 Å². The average molecular weight is 140 g/mol. The third-order valence-corrected chi connectivity index (χ3v) is 1.05. The van der Waals surface area contributed by atoms with Crippen molar-refractivity contribution >= 4 is 0 Å². The van der Waals surface area contributed by atoms with E-state index < -0.39 is 0 Å². The molecular weight excluding hydrogens is 128 g/mol. The van der Waals surface area contributed by atoms with E-state index in [4.69, 9.17) is 0 Å². The maximum atomic E-state index is 2.86. The van der Waals surface area contributed by atoms with Gasteiger partial charge in [-0.05, 0) is 0 Å². The van der Waals surface area contributed by atoms with Crippen molar-refractivity contribution in [2.75, 3.05) is 13.1 Å². The summed E-state index contributed by atoms with van der Waals surface area (Å²) in [5.41, 5.74) is 11.3. The highest BCUT2D eigenvalue weighted by Crippen LogP contribution is 1.67. The Labute approximate surface area is 60.3 Å². The fourth-order valence-electron chi connectivity index (χ4n) is 0.589. The van der Waals surface area contributed by atoms with Gasteiger partial charge in [-0.3, -0.25) is 0 Å². The summed E-state index contributed by atoms with van der Waals surface area (Å²) < 4.78 is 0. The summed E-state index contributed by atoms with van der Waals surface area (Å²) in [5, 5.41) is 0. The first-order valence-electron chi connectivity index (χ1n) is 3.27. The molecule has 2 aliphatic rings. The van der Waals surface area contributed by atoms with Crippen LogP contribution in [0.1, 0.15) is 0 Å². The Hall–Kier alpha value is -1.00. The predicted molar refractivity (Wildman–Crippen MR) is 40.6 cm³/mol. The van der Waals surface area contributed by atoms with E-state index in [0.29, 0.717) is 0 Å². The normalized spacial score (nSPS) is 19.2. The van der Waals surface area contributed by atoms with E-state index in [0.717, 1.165) is 13.1 Å². The molecule has 0 aromatic heterocycles. The lowest BCUT2D eigenvalue weighted by atomic mass is 10.7. The minimum atomic E-state index is 0.958. The zero-order valence-corrected chi connectivity index (χ0v) is 5.72. The topological polar surface area (TPSA) is 48.1 Å². The van der Waals surface area contributed by atoms with Crippen LogP contribution in [0.5, 0.6) is 0 Å². The molecule has 0 aromatic carbocycles. The summed E-state index contributed by atoms with van der Waals surface area (Å²) in [7, 11) is 0. The summed E-state index contributed by atoms with van der Waals surface area (Å²) in [4.78, 5) is 0. The SMILES string of the molecule is C1=CNNC1.C1=CNNC1. The van der Waals surface area contributed by atoms with Crippen molar-refractivity contribution in [3.63, 3.8) is 0 Å². The summed E-state index contributed by atoms with van der Waals surface area (Å²) in [6.07, 6.45) is 7.78. The highest BCUT2D eigenvalue weighted by molar-refractivity contribution is 4.85. The highest BCUT2D eigenvalue weighted by Gasteiger charge is 1.79. The van der Waals surface area contributed by atoms with Crippen LogP contribution in [0.3, 0.4) is 0 Å². The molecule has 2 heterocycles. The first-order valence-corrected chi connectivity index (χ1v) is 3.27. The van der Waals surface area contributed by atoms with E-state index in [-0.39, 0.29) is 0 Å². The van der Waals surface area contributed by atoms with E-state index in [1.54, 1.807) is 0 Å². The number of hydrazine groups is 2. The molecule has 0 radical (unpaired) electrons. The predicted octanol–water partition coefficient (Wildman–Crippen LogP) is -0.784. The van der Waals surface area contributed by atoms with Crippen LogP contribution >= 0.6 is 0 Å². The third kappa shape index (κ3) is 3.11. The molecule has 2 rings (SSSR count). The van der Waals surface area contributed by atoms with E-state index in [9.17, 15) is 0 Å². The highest BCUT2D eigenvalue weighted by atomic mass is 15.4. The smallest absolute Gasteiger partial charge is 0.0345 e. The van der Waals surface area contributed by atoms with Gasteiger partial charge in [-0.25, -0.2) is 10.9 Å². The molecule has 0 amide bonds. The molecular formula is C6H12N4. The van der Waals surface area contributed by atoms with Gasteiger partial charge in [0.15, 0.2) is 0 Å². The molecule has 56 valence electrons. The van der Waals surface area contributed by atoms with Gasteiger partial charge >= 0.3 is 0 Å². The Morgan fingerprint density at radius 2 is 1.30 bits per heavy atom. The minimum Gasteiger partial charge on any atom is -0.329 e. The molecule has 2 aliphatic heterocycles. The largest absolute Gasteiger partial charge is 0.329 e. The fourth-order valence-corrected chi connectivity index (χ4v) is 0.589. The van der Waals surface area contributed by atoms with Crippen molar-refractivity contribution in [2.24, 2.45) is 0 Å². The van der Waals surface area contributed by atoms with Crippen LogP contribution in [-0.2, 0) is 0 Å². The van der Waals surface area contributed by atoms with E-state index in [2.05, 4.69) is 21.7 Å². The van der Waals surface area contributed by atoms with Crippen molar-refractivity contribution in [2.45, 2.75) is 0 Å². The van der Waals surface area contributed by atoms with Crippen LogP contribution in [-0.4, -0.2) is 13.1 Å². The molecule has 0 saturated heterocycles. The van der Waals surface area contributed by atoms with Crippen molar-refractivity contribution in [1.82, 2.24) is 21.7 Å². The van der Waals surface area contributed by atoms with Gasteiger partial charge in [-0.1, -0.05) is 12.2 Å². The van der Waals surface area contributed by atoms with Crippen LogP contribution in [0.25, 0.3) is 0 Å². The Morgan fingerprint density at radius 1 is 0.800 bits per heavy atom. The van der Waals surface area contributed by atoms with Gasteiger partial charge in [0.1, 0.15) is 0 Å². The molecule has 0 aromatic rings. The molecule has 4 nitrogen and oxygen atoms in total. The van der Waals surface area contributed by atoms with Crippen molar-refractivity contribution in [1.29, 1.82) is 0 Å². The van der Waals surface area contributed by atoms with Crippen LogP contribution in [0.15, 0.2) is 24.6 Å². The number of hydrogen-bond donors (Lipinski definition) is 4. The van der Waals surface area contributed by atoms with Crippen molar-refractivity contribution in [3.8, 4) is 0 Å². The Morgan fingerprint density at radius 3 is 1.40 bits per heavy atom. The van der Waals surface area contributed by atoms with Gasteiger partial charge in [0.2, 0.25) is 0 Å². The second-order valence-corrected chi connectivity index (χ2v) is 1.86. The molecule has 4 N–H and O–H groups in total. The molecule has 0 aliphatic carbocycles. The number of hydrogen-bond acceptors (Lipinski definition) is 4.